The molecule has 3 rings (SSSR count). The molecule has 1 aromatic carbocycles. The second kappa shape index (κ2) is 7.89. The summed E-state index contributed by atoms with van der Waals surface area (Å²) in [6.45, 7) is 2.65. The van der Waals surface area contributed by atoms with Gasteiger partial charge in [0.25, 0.3) is 0 Å². The van der Waals surface area contributed by atoms with Crippen LogP contribution in [0.5, 0.6) is 0 Å². The number of nitrogens with one attached hydrogen (secondary N) is 1. The van der Waals surface area contributed by atoms with Gasteiger partial charge in [-0.25, -0.2) is 9.97 Å². The molecule has 0 radical (unpaired) electrons. The lowest BCUT2D eigenvalue weighted by Gasteiger charge is -2.36. The fourth-order valence-corrected chi connectivity index (χ4v) is 3.32. The summed E-state index contributed by atoms with van der Waals surface area (Å²) in [5, 5.41) is 4.06. The van der Waals surface area contributed by atoms with Crippen molar-refractivity contribution >= 4 is 40.6 Å². The first-order valence-corrected chi connectivity index (χ1v) is 8.80. The highest BCUT2D eigenvalue weighted by Gasteiger charge is 2.24. The van der Waals surface area contributed by atoms with Crippen molar-refractivity contribution < 1.29 is 4.79 Å². The highest BCUT2D eigenvalue weighted by atomic mass is 35.5. The molecule has 1 saturated heterocycles. The standard InChI is InChI=1S/C17H19Cl2N5O/c1-20-15-16(19)21-11-22-17(15)24-8-6-23(7-9-24)14(25)10-12-4-2-3-5-13(12)18/h2-5,11,20H,6-10H2,1H3. The van der Waals surface area contributed by atoms with Crippen LogP contribution in [0, 0.1) is 0 Å². The molecule has 0 atom stereocenters. The zero-order valence-corrected chi connectivity index (χ0v) is 15.4. The molecule has 0 saturated carbocycles. The highest BCUT2D eigenvalue weighted by Crippen LogP contribution is 2.29. The molecule has 132 valence electrons. The Labute approximate surface area is 156 Å². The van der Waals surface area contributed by atoms with Crippen molar-refractivity contribution in [2.24, 2.45) is 0 Å². The molecule has 6 nitrogen and oxygen atoms in total. The molecule has 1 aliphatic rings. The molecule has 1 aliphatic heterocycles. The molecule has 2 aromatic rings. The SMILES string of the molecule is CNc1c(Cl)ncnc1N1CCN(C(=O)Cc2ccccc2Cl)CC1. The molecule has 0 bridgehead atoms. The summed E-state index contributed by atoms with van der Waals surface area (Å²) in [7, 11) is 1.79. The van der Waals surface area contributed by atoms with Crippen LogP contribution in [0.3, 0.4) is 0 Å². The van der Waals surface area contributed by atoms with Crippen molar-refractivity contribution in [3.05, 3.63) is 46.3 Å². The van der Waals surface area contributed by atoms with Crippen molar-refractivity contribution in [1.29, 1.82) is 0 Å². The van der Waals surface area contributed by atoms with Gasteiger partial charge >= 0.3 is 0 Å². The molecule has 2 heterocycles. The van der Waals surface area contributed by atoms with Crippen molar-refractivity contribution in [3.8, 4) is 0 Å². The number of benzene rings is 1. The minimum Gasteiger partial charge on any atom is -0.383 e. The molecule has 0 aliphatic carbocycles. The van der Waals surface area contributed by atoms with E-state index < -0.39 is 0 Å². The van der Waals surface area contributed by atoms with Gasteiger partial charge < -0.3 is 15.1 Å². The molecule has 1 N–H and O–H groups in total. The first-order valence-electron chi connectivity index (χ1n) is 8.04. The third kappa shape index (κ3) is 3.96. The average molecular weight is 380 g/mol. The number of nitrogens with zero attached hydrogens (tertiary/aromatic N) is 4. The molecule has 1 amide bonds. The minimum absolute atomic E-state index is 0.0855. The summed E-state index contributed by atoms with van der Waals surface area (Å²) in [5.41, 5.74) is 1.57. The number of halogens is 2. The second-order valence-electron chi connectivity index (χ2n) is 5.75. The number of carbonyl (C=O) groups is 1. The van der Waals surface area contributed by atoms with Crippen molar-refractivity contribution in [1.82, 2.24) is 14.9 Å². The van der Waals surface area contributed by atoms with Gasteiger partial charge in [-0.15, -0.1) is 0 Å². The number of rotatable bonds is 4. The van der Waals surface area contributed by atoms with Gasteiger partial charge in [-0.3, -0.25) is 4.79 Å². The van der Waals surface area contributed by atoms with Crippen LogP contribution >= 0.6 is 23.2 Å². The molecule has 1 fully saturated rings. The normalized spacial score (nSPS) is 14.5. The lowest BCUT2D eigenvalue weighted by atomic mass is 10.1. The fraction of sp³-hybridized carbons (Fsp3) is 0.353. The predicted molar refractivity (Wildman–Crippen MR) is 101 cm³/mol. The average Bonchev–Trinajstić information content (AvgIpc) is 2.63. The van der Waals surface area contributed by atoms with Gasteiger partial charge in [-0.05, 0) is 11.6 Å². The fourth-order valence-electron chi connectivity index (χ4n) is 2.89. The Morgan fingerprint density at radius 2 is 1.88 bits per heavy atom. The van der Waals surface area contributed by atoms with E-state index in [4.69, 9.17) is 23.2 Å². The summed E-state index contributed by atoms with van der Waals surface area (Å²) in [4.78, 5) is 24.8. The quantitative estimate of drug-likeness (QED) is 0.827. The summed E-state index contributed by atoms with van der Waals surface area (Å²) in [6, 6.07) is 7.45. The molecular formula is C17H19Cl2N5O. The number of hydrogen-bond acceptors (Lipinski definition) is 5. The van der Waals surface area contributed by atoms with Gasteiger partial charge in [0.1, 0.15) is 12.0 Å². The summed E-state index contributed by atoms with van der Waals surface area (Å²) in [6.07, 6.45) is 1.77. The largest absolute Gasteiger partial charge is 0.383 e. The Kier molecular flexibility index (Phi) is 5.60. The van der Waals surface area contributed by atoms with Gasteiger partial charge in [-0.2, -0.15) is 0 Å². The van der Waals surface area contributed by atoms with E-state index in [-0.39, 0.29) is 5.91 Å². The van der Waals surface area contributed by atoms with Crippen LogP contribution in [0.15, 0.2) is 30.6 Å². The van der Waals surface area contributed by atoms with Crippen LogP contribution in [0.1, 0.15) is 5.56 Å². The van der Waals surface area contributed by atoms with Crippen LogP contribution in [0.2, 0.25) is 10.2 Å². The Morgan fingerprint density at radius 1 is 1.16 bits per heavy atom. The first kappa shape index (κ1) is 17.8. The van der Waals surface area contributed by atoms with Gasteiger partial charge in [-0.1, -0.05) is 41.4 Å². The second-order valence-corrected chi connectivity index (χ2v) is 6.51. The Bertz CT molecular complexity index is 762. The van der Waals surface area contributed by atoms with Crippen molar-refractivity contribution in [3.63, 3.8) is 0 Å². The van der Waals surface area contributed by atoms with Gasteiger partial charge in [0.2, 0.25) is 5.91 Å². The Balaban J connectivity index is 1.63. The molecule has 8 heteroatoms. The van der Waals surface area contributed by atoms with E-state index in [1.165, 1.54) is 6.33 Å². The topological polar surface area (TPSA) is 61.4 Å². The number of aromatic nitrogens is 2. The van der Waals surface area contributed by atoms with Crippen LogP contribution in [0.25, 0.3) is 0 Å². The van der Waals surface area contributed by atoms with Crippen LogP contribution in [-0.2, 0) is 11.2 Å². The number of hydrogen-bond donors (Lipinski definition) is 1. The van der Waals surface area contributed by atoms with Crippen LogP contribution < -0.4 is 10.2 Å². The first-order chi connectivity index (χ1) is 12.1. The molecule has 25 heavy (non-hydrogen) atoms. The summed E-state index contributed by atoms with van der Waals surface area (Å²) < 4.78 is 0. The van der Waals surface area contributed by atoms with Gasteiger partial charge in [0.15, 0.2) is 11.0 Å². The number of amides is 1. The number of piperazine rings is 1. The molecular weight excluding hydrogens is 361 g/mol. The van der Waals surface area contributed by atoms with E-state index in [2.05, 4.69) is 20.2 Å². The van der Waals surface area contributed by atoms with Gasteiger partial charge in [0.05, 0.1) is 6.42 Å². The van der Waals surface area contributed by atoms with E-state index in [0.717, 1.165) is 11.4 Å². The zero-order chi connectivity index (χ0) is 17.8. The maximum absolute atomic E-state index is 12.5. The van der Waals surface area contributed by atoms with E-state index in [0.29, 0.717) is 48.5 Å². The van der Waals surface area contributed by atoms with E-state index in [1.807, 2.05) is 23.1 Å². The zero-order valence-electron chi connectivity index (χ0n) is 13.9. The lowest BCUT2D eigenvalue weighted by molar-refractivity contribution is -0.130. The smallest absolute Gasteiger partial charge is 0.227 e. The summed E-state index contributed by atoms with van der Waals surface area (Å²) >= 11 is 12.3. The monoisotopic (exact) mass is 379 g/mol. The van der Waals surface area contributed by atoms with Gasteiger partial charge in [0, 0.05) is 38.2 Å². The third-order valence-electron chi connectivity index (χ3n) is 4.26. The maximum Gasteiger partial charge on any atom is 0.227 e. The number of carbonyl (C=O) groups excluding carboxylic acids is 1. The molecule has 1 aromatic heterocycles. The minimum atomic E-state index is 0.0855. The maximum atomic E-state index is 12.5. The van der Waals surface area contributed by atoms with Crippen molar-refractivity contribution in [2.75, 3.05) is 43.4 Å². The third-order valence-corrected chi connectivity index (χ3v) is 4.92. The van der Waals surface area contributed by atoms with Crippen LogP contribution in [0.4, 0.5) is 11.5 Å². The van der Waals surface area contributed by atoms with E-state index >= 15 is 0 Å². The molecule has 0 spiro atoms. The van der Waals surface area contributed by atoms with Crippen molar-refractivity contribution in [2.45, 2.75) is 6.42 Å². The predicted octanol–water partition coefficient (Wildman–Crippen LogP) is 2.72. The van der Waals surface area contributed by atoms with Crippen LogP contribution in [-0.4, -0.2) is 54.0 Å². The highest BCUT2D eigenvalue weighted by molar-refractivity contribution is 6.32. The summed E-state index contributed by atoms with van der Waals surface area (Å²) in [5.74, 6) is 0.850. The Morgan fingerprint density at radius 3 is 2.56 bits per heavy atom. The molecule has 0 unspecified atom stereocenters. The lowest BCUT2D eigenvalue weighted by Crippen LogP contribution is -2.49. The number of anilines is 2. The van der Waals surface area contributed by atoms with E-state index in [9.17, 15) is 4.79 Å². The van der Waals surface area contributed by atoms with E-state index in [1.54, 1.807) is 13.1 Å². The Hall–Kier alpha value is -2.05.